The third-order valence-corrected chi connectivity index (χ3v) is 3.61. The Morgan fingerprint density at radius 3 is 2.89 bits per heavy atom. The van der Waals surface area contributed by atoms with Crippen molar-refractivity contribution in [3.05, 3.63) is 10.7 Å². The van der Waals surface area contributed by atoms with E-state index in [4.69, 9.17) is 4.74 Å². The van der Waals surface area contributed by atoms with Crippen LogP contribution in [0.15, 0.2) is 10.7 Å². The van der Waals surface area contributed by atoms with Crippen molar-refractivity contribution in [3.8, 4) is 5.88 Å². The Morgan fingerprint density at radius 1 is 1.39 bits per heavy atom. The van der Waals surface area contributed by atoms with E-state index in [-0.39, 0.29) is 0 Å². The number of aromatic nitrogens is 2. The number of ether oxygens (including phenoxy) is 1. The Morgan fingerprint density at radius 2 is 2.17 bits per heavy atom. The molecule has 1 saturated heterocycles. The Kier molecular flexibility index (Phi) is 5.19. The van der Waals surface area contributed by atoms with Crippen molar-refractivity contribution in [1.82, 2.24) is 14.9 Å². The first kappa shape index (κ1) is 13.5. The van der Waals surface area contributed by atoms with E-state index in [1.807, 2.05) is 0 Å². The minimum Gasteiger partial charge on any atom is -0.480 e. The number of halogens is 1. The highest BCUT2D eigenvalue weighted by Gasteiger charge is 2.09. The lowest BCUT2D eigenvalue weighted by molar-refractivity contribution is 0.237. The number of anilines is 1. The van der Waals surface area contributed by atoms with E-state index < -0.39 is 0 Å². The van der Waals surface area contributed by atoms with E-state index in [1.165, 1.54) is 32.4 Å². The smallest absolute Gasteiger partial charge is 0.232 e. The highest BCUT2D eigenvalue weighted by molar-refractivity contribution is 9.10. The third kappa shape index (κ3) is 3.81. The van der Waals surface area contributed by atoms with Crippen LogP contribution in [0.25, 0.3) is 0 Å². The third-order valence-electron chi connectivity index (χ3n) is 3.07. The van der Waals surface area contributed by atoms with Gasteiger partial charge in [-0.05, 0) is 41.9 Å². The summed E-state index contributed by atoms with van der Waals surface area (Å²) in [6.45, 7) is 4.34. The molecule has 0 bridgehead atoms. The average Bonchev–Trinajstić information content (AvgIpc) is 2.42. The van der Waals surface area contributed by atoms with Crippen LogP contribution in [0.3, 0.4) is 0 Å². The van der Waals surface area contributed by atoms with Crippen molar-refractivity contribution in [2.24, 2.45) is 0 Å². The number of nitrogens with one attached hydrogen (secondary N) is 1. The maximum atomic E-state index is 5.13. The molecule has 0 spiro atoms. The summed E-state index contributed by atoms with van der Waals surface area (Å²) in [6.07, 6.45) is 5.72. The summed E-state index contributed by atoms with van der Waals surface area (Å²) in [4.78, 5) is 10.9. The molecule has 18 heavy (non-hydrogen) atoms. The molecule has 1 aliphatic rings. The molecule has 1 aliphatic heterocycles. The number of nitrogens with zero attached hydrogens (tertiary/aromatic N) is 3. The van der Waals surface area contributed by atoms with Crippen LogP contribution in [0, 0.1) is 0 Å². The molecule has 100 valence electrons. The van der Waals surface area contributed by atoms with Gasteiger partial charge < -0.3 is 15.0 Å². The van der Waals surface area contributed by atoms with Gasteiger partial charge in [0.25, 0.3) is 0 Å². The molecule has 0 saturated carbocycles. The maximum Gasteiger partial charge on any atom is 0.232 e. The van der Waals surface area contributed by atoms with Crippen molar-refractivity contribution in [1.29, 1.82) is 0 Å². The summed E-state index contributed by atoms with van der Waals surface area (Å²) in [7, 11) is 1.60. The zero-order valence-corrected chi connectivity index (χ0v) is 12.2. The molecule has 0 radical (unpaired) electrons. The van der Waals surface area contributed by atoms with Crippen LogP contribution in [0.2, 0.25) is 0 Å². The summed E-state index contributed by atoms with van der Waals surface area (Å²) < 4.78 is 5.90. The number of rotatable bonds is 5. The SMILES string of the molecule is COc1nc(NCCN2CCCCC2)ncc1Br. The van der Waals surface area contributed by atoms with E-state index in [0.717, 1.165) is 17.6 Å². The van der Waals surface area contributed by atoms with Gasteiger partial charge in [-0.3, -0.25) is 0 Å². The molecule has 2 rings (SSSR count). The molecule has 0 amide bonds. The summed E-state index contributed by atoms with van der Waals surface area (Å²) in [5.74, 6) is 1.18. The molecule has 1 N–H and O–H groups in total. The molecule has 1 aromatic heterocycles. The lowest BCUT2D eigenvalue weighted by Crippen LogP contribution is -2.33. The van der Waals surface area contributed by atoms with Crippen LogP contribution in [0.5, 0.6) is 5.88 Å². The molecule has 1 aromatic rings. The minimum atomic E-state index is 0.561. The fraction of sp³-hybridized carbons (Fsp3) is 0.667. The second-order valence-electron chi connectivity index (χ2n) is 4.38. The Bertz CT molecular complexity index is 382. The highest BCUT2D eigenvalue weighted by atomic mass is 79.9. The maximum absolute atomic E-state index is 5.13. The quantitative estimate of drug-likeness (QED) is 0.902. The van der Waals surface area contributed by atoms with Gasteiger partial charge in [-0.1, -0.05) is 6.42 Å². The molecule has 6 heteroatoms. The van der Waals surface area contributed by atoms with Gasteiger partial charge in [-0.25, -0.2) is 4.98 Å². The van der Waals surface area contributed by atoms with Crippen molar-refractivity contribution in [2.45, 2.75) is 19.3 Å². The van der Waals surface area contributed by atoms with E-state index >= 15 is 0 Å². The number of hydrogen-bond acceptors (Lipinski definition) is 5. The van der Waals surface area contributed by atoms with Gasteiger partial charge in [0.15, 0.2) is 0 Å². The minimum absolute atomic E-state index is 0.561. The Balaban J connectivity index is 1.79. The van der Waals surface area contributed by atoms with E-state index in [0.29, 0.717) is 11.8 Å². The Hall–Kier alpha value is -0.880. The predicted molar refractivity (Wildman–Crippen MR) is 75.1 cm³/mol. The van der Waals surface area contributed by atoms with Crippen LogP contribution in [-0.4, -0.2) is 48.2 Å². The van der Waals surface area contributed by atoms with Gasteiger partial charge in [-0.15, -0.1) is 0 Å². The number of piperidine rings is 1. The van der Waals surface area contributed by atoms with E-state index in [9.17, 15) is 0 Å². The van der Waals surface area contributed by atoms with Crippen LogP contribution in [-0.2, 0) is 0 Å². The largest absolute Gasteiger partial charge is 0.480 e. The molecule has 5 nitrogen and oxygen atoms in total. The first-order valence-electron chi connectivity index (χ1n) is 6.32. The van der Waals surface area contributed by atoms with Crippen molar-refractivity contribution < 1.29 is 4.74 Å². The van der Waals surface area contributed by atoms with Gasteiger partial charge in [0.05, 0.1) is 17.8 Å². The highest BCUT2D eigenvalue weighted by Crippen LogP contribution is 2.21. The second kappa shape index (κ2) is 6.89. The summed E-state index contributed by atoms with van der Waals surface area (Å²) in [5.41, 5.74) is 0. The van der Waals surface area contributed by atoms with E-state index in [2.05, 4.69) is 36.1 Å². The topological polar surface area (TPSA) is 50.3 Å². The van der Waals surface area contributed by atoms with Gasteiger partial charge >= 0.3 is 0 Å². The van der Waals surface area contributed by atoms with Crippen molar-refractivity contribution in [3.63, 3.8) is 0 Å². The molecule has 0 unspecified atom stereocenters. The van der Waals surface area contributed by atoms with Crippen LogP contribution >= 0.6 is 15.9 Å². The van der Waals surface area contributed by atoms with E-state index in [1.54, 1.807) is 13.3 Å². The Labute approximate surface area is 116 Å². The standard InChI is InChI=1S/C12H19BrN4O/c1-18-11-10(13)9-15-12(16-11)14-5-8-17-6-3-2-4-7-17/h9H,2-8H2,1H3,(H,14,15,16). The molecule has 2 heterocycles. The first-order valence-corrected chi connectivity index (χ1v) is 7.11. The summed E-state index contributed by atoms with van der Waals surface area (Å²) in [6, 6.07) is 0. The fourth-order valence-corrected chi connectivity index (χ4v) is 2.44. The summed E-state index contributed by atoms with van der Waals surface area (Å²) >= 11 is 3.34. The average molecular weight is 315 g/mol. The normalized spacial score (nSPS) is 16.6. The molecule has 1 fully saturated rings. The molecule has 0 atom stereocenters. The van der Waals surface area contributed by atoms with Crippen LogP contribution < -0.4 is 10.1 Å². The number of hydrogen-bond donors (Lipinski definition) is 1. The summed E-state index contributed by atoms with van der Waals surface area (Å²) in [5, 5.41) is 3.23. The molecular weight excluding hydrogens is 296 g/mol. The second-order valence-corrected chi connectivity index (χ2v) is 5.23. The molecular formula is C12H19BrN4O. The lowest BCUT2D eigenvalue weighted by atomic mass is 10.1. The predicted octanol–water partition coefficient (Wildman–Crippen LogP) is 2.15. The fourth-order valence-electron chi connectivity index (χ4n) is 2.09. The zero-order chi connectivity index (χ0) is 12.8. The monoisotopic (exact) mass is 314 g/mol. The van der Waals surface area contributed by atoms with Gasteiger partial charge in [0.2, 0.25) is 11.8 Å². The van der Waals surface area contributed by atoms with Gasteiger partial charge in [0.1, 0.15) is 0 Å². The van der Waals surface area contributed by atoms with Crippen molar-refractivity contribution >= 4 is 21.9 Å². The number of methoxy groups -OCH3 is 1. The first-order chi connectivity index (χ1) is 8.79. The van der Waals surface area contributed by atoms with Gasteiger partial charge in [-0.2, -0.15) is 4.98 Å². The number of likely N-dealkylation sites (tertiary alicyclic amines) is 1. The van der Waals surface area contributed by atoms with Gasteiger partial charge in [0, 0.05) is 13.1 Å². The lowest BCUT2D eigenvalue weighted by Gasteiger charge is -2.26. The van der Waals surface area contributed by atoms with Crippen molar-refractivity contribution in [2.75, 3.05) is 38.6 Å². The van der Waals surface area contributed by atoms with Crippen LogP contribution in [0.4, 0.5) is 5.95 Å². The zero-order valence-electron chi connectivity index (χ0n) is 10.7. The molecule has 0 aromatic carbocycles. The van der Waals surface area contributed by atoms with Crippen LogP contribution in [0.1, 0.15) is 19.3 Å². The molecule has 0 aliphatic carbocycles.